The molecular weight excluding hydrogens is 408 g/mol. The van der Waals surface area contributed by atoms with Crippen molar-refractivity contribution in [3.05, 3.63) is 54.4 Å². The Balaban J connectivity index is 1.26. The van der Waals surface area contributed by atoms with Crippen LogP contribution < -0.4 is 4.74 Å². The fraction of sp³-hybridized carbons (Fsp3) is 0.480. The molecule has 0 aliphatic carbocycles. The van der Waals surface area contributed by atoms with E-state index in [4.69, 9.17) is 9.15 Å². The van der Waals surface area contributed by atoms with Crippen molar-refractivity contribution in [2.45, 2.75) is 30.8 Å². The minimum Gasteiger partial charge on any atom is -0.497 e. The molecule has 1 saturated heterocycles. The standard InChI is InChI=1S/C25H32N2O3S/c1-29-22-7-8-24-23(16-22)20(9-11-26-24)5-2-4-19-10-12-27(17-21(19)18-28)13-15-31-25-6-3-14-30-25/h3,6-9,11,14,16,19,21,28H,2,4-5,10,12-13,15,17-18H2,1H3. The Morgan fingerprint density at radius 3 is 3.00 bits per heavy atom. The summed E-state index contributed by atoms with van der Waals surface area (Å²) in [6, 6.07) is 12.2. The number of thioether (sulfide) groups is 1. The number of rotatable bonds is 10. The zero-order valence-corrected chi connectivity index (χ0v) is 19.0. The number of fused-ring (bicyclic) bond motifs is 1. The van der Waals surface area contributed by atoms with E-state index in [0.717, 1.165) is 61.0 Å². The van der Waals surface area contributed by atoms with Crippen molar-refractivity contribution in [1.82, 2.24) is 9.88 Å². The fourth-order valence-corrected chi connectivity index (χ4v) is 5.50. The van der Waals surface area contributed by atoms with Crippen molar-refractivity contribution < 1.29 is 14.3 Å². The van der Waals surface area contributed by atoms with Gasteiger partial charge in [0, 0.05) is 37.0 Å². The van der Waals surface area contributed by atoms with Crippen LogP contribution in [0.15, 0.2) is 58.4 Å². The van der Waals surface area contributed by atoms with Gasteiger partial charge in [0.1, 0.15) is 5.75 Å². The third-order valence-electron chi connectivity index (χ3n) is 6.42. The van der Waals surface area contributed by atoms with E-state index in [1.165, 1.54) is 17.4 Å². The molecule has 1 N–H and O–H groups in total. The average Bonchev–Trinajstić information content (AvgIpc) is 3.33. The molecular formula is C25H32N2O3S. The van der Waals surface area contributed by atoms with Gasteiger partial charge in [-0.2, -0.15) is 0 Å². The van der Waals surface area contributed by atoms with Gasteiger partial charge in [-0.05, 0) is 86.0 Å². The van der Waals surface area contributed by atoms with Gasteiger partial charge in [0.25, 0.3) is 0 Å². The van der Waals surface area contributed by atoms with E-state index >= 15 is 0 Å². The van der Waals surface area contributed by atoms with E-state index in [1.54, 1.807) is 25.1 Å². The van der Waals surface area contributed by atoms with E-state index in [1.807, 2.05) is 30.5 Å². The number of aliphatic hydroxyl groups excluding tert-OH is 1. The summed E-state index contributed by atoms with van der Waals surface area (Å²) in [5, 5.41) is 12.2. The summed E-state index contributed by atoms with van der Waals surface area (Å²) in [5.74, 6) is 2.87. The van der Waals surface area contributed by atoms with Crippen LogP contribution in [0.2, 0.25) is 0 Å². The number of hydrogen-bond donors (Lipinski definition) is 1. The van der Waals surface area contributed by atoms with Gasteiger partial charge in [0.05, 0.1) is 18.9 Å². The van der Waals surface area contributed by atoms with E-state index in [9.17, 15) is 5.11 Å². The monoisotopic (exact) mass is 440 g/mol. The molecule has 166 valence electrons. The molecule has 31 heavy (non-hydrogen) atoms. The van der Waals surface area contributed by atoms with E-state index in [-0.39, 0.29) is 6.61 Å². The first-order valence-corrected chi connectivity index (χ1v) is 12.2. The number of piperidine rings is 1. The Hall–Kier alpha value is -2.02. The van der Waals surface area contributed by atoms with Gasteiger partial charge in [-0.3, -0.25) is 4.98 Å². The third kappa shape index (κ3) is 5.82. The molecule has 6 heteroatoms. The molecule has 1 aromatic carbocycles. The maximum Gasteiger partial charge on any atom is 0.160 e. The van der Waals surface area contributed by atoms with Crippen LogP contribution in [0.5, 0.6) is 5.75 Å². The van der Waals surface area contributed by atoms with Crippen LogP contribution in [0, 0.1) is 11.8 Å². The second kappa shape index (κ2) is 11.0. The number of aromatic nitrogens is 1. The number of furan rings is 1. The van der Waals surface area contributed by atoms with Gasteiger partial charge in [0.2, 0.25) is 0 Å². The van der Waals surface area contributed by atoms with Crippen LogP contribution >= 0.6 is 11.8 Å². The molecule has 3 heterocycles. The van der Waals surface area contributed by atoms with Crippen LogP contribution in [0.25, 0.3) is 10.9 Å². The second-order valence-corrected chi connectivity index (χ2v) is 9.42. The van der Waals surface area contributed by atoms with Crippen LogP contribution in [0.4, 0.5) is 0 Å². The van der Waals surface area contributed by atoms with Crippen LogP contribution in [-0.4, -0.2) is 54.1 Å². The normalized spacial score (nSPS) is 19.7. The van der Waals surface area contributed by atoms with Gasteiger partial charge in [0.15, 0.2) is 5.09 Å². The molecule has 0 saturated carbocycles. The van der Waals surface area contributed by atoms with Crippen LogP contribution in [0.1, 0.15) is 24.8 Å². The van der Waals surface area contributed by atoms with E-state index in [0.29, 0.717) is 11.8 Å². The number of likely N-dealkylation sites (tertiary alicyclic amines) is 1. The molecule has 1 fully saturated rings. The molecule has 0 radical (unpaired) electrons. The molecule has 4 rings (SSSR count). The van der Waals surface area contributed by atoms with Gasteiger partial charge in [-0.25, -0.2) is 0 Å². The number of hydrogen-bond acceptors (Lipinski definition) is 6. The van der Waals surface area contributed by atoms with Gasteiger partial charge in [-0.1, -0.05) is 11.8 Å². The summed E-state index contributed by atoms with van der Waals surface area (Å²) in [6.07, 6.45) is 8.12. The minimum atomic E-state index is 0.280. The molecule has 2 unspecified atom stereocenters. The first-order chi connectivity index (χ1) is 15.3. The summed E-state index contributed by atoms with van der Waals surface area (Å²) in [5.41, 5.74) is 2.35. The molecule has 1 aliphatic rings. The molecule has 3 aromatic rings. The number of methoxy groups -OCH3 is 1. The molecule has 0 spiro atoms. The number of ether oxygens (including phenoxy) is 1. The summed E-state index contributed by atoms with van der Waals surface area (Å²) in [4.78, 5) is 6.98. The Bertz CT molecular complexity index is 947. The predicted octanol–water partition coefficient (Wildman–Crippen LogP) is 4.88. The lowest BCUT2D eigenvalue weighted by atomic mass is 9.82. The first kappa shape index (κ1) is 22.2. The lowest BCUT2D eigenvalue weighted by Gasteiger charge is -2.38. The first-order valence-electron chi connectivity index (χ1n) is 11.2. The highest BCUT2D eigenvalue weighted by Crippen LogP contribution is 2.30. The van der Waals surface area contributed by atoms with Gasteiger partial charge in [-0.15, -0.1) is 0 Å². The molecule has 0 amide bonds. The Morgan fingerprint density at radius 2 is 2.19 bits per heavy atom. The van der Waals surface area contributed by atoms with E-state index < -0.39 is 0 Å². The molecule has 0 bridgehead atoms. The zero-order chi connectivity index (χ0) is 21.5. The Kier molecular flexibility index (Phi) is 7.89. The van der Waals surface area contributed by atoms with Crippen molar-refractivity contribution in [1.29, 1.82) is 0 Å². The van der Waals surface area contributed by atoms with Gasteiger partial charge >= 0.3 is 0 Å². The molecule has 2 atom stereocenters. The van der Waals surface area contributed by atoms with Crippen molar-refractivity contribution in [3.63, 3.8) is 0 Å². The number of aryl methyl sites for hydroxylation is 1. The highest BCUT2D eigenvalue weighted by Gasteiger charge is 2.28. The maximum absolute atomic E-state index is 10.0. The number of aliphatic hydroxyl groups is 1. The Labute approximate surface area is 188 Å². The highest BCUT2D eigenvalue weighted by molar-refractivity contribution is 7.99. The van der Waals surface area contributed by atoms with Crippen molar-refractivity contribution in [2.24, 2.45) is 11.8 Å². The number of nitrogens with zero attached hydrogens (tertiary/aromatic N) is 2. The number of benzene rings is 1. The lowest BCUT2D eigenvalue weighted by molar-refractivity contribution is 0.0710. The summed E-state index contributed by atoms with van der Waals surface area (Å²) in [7, 11) is 1.70. The molecule has 2 aromatic heterocycles. The number of pyridine rings is 1. The highest BCUT2D eigenvalue weighted by atomic mass is 32.2. The quantitative estimate of drug-likeness (QED) is 0.453. The SMILES string of the molecule is COc1ccc2nccc(CCCC3CCN(CCSc4ccco4)CC3CO)c2c1. The Morgan fingerprint density at radius 1 is 1.26 bits per heavy atom. The zero-order valence-electron chi connectivity index (χ0n) is 18.2. The van der Waals surface area contributed by atoms with Crippen molar-refractivity contribution in [3.8, 4) is 5.75 Å². The van der Waals surface area contributed by atoms with Gasteiger partial charge < -0.3 is 19.2 Å². The maximum atomic E-state index is 10.0. The average molecular weight is 441 g/mol. The lowest BCUT2D eigenvalue weighted by Crippen LogP contribution is -2.42. The van der Waals surface area contributed by atoms with Crippen LogP contribution in [0.3, 0.4) is 0 Å². The second-order valence-electron chi connectivity index (χ2n) is 8.32. The molecule has 5 nitrogen and oxygen atoms in total. The fourth-order valence-electron chi connectivity index (χ4n) is 4.65. The predicted molar refractivity (Wildman–Crippen MR) is 126 cm³/mol. The summed E-state index contributed by atoms with van der Waals surface area (Å²) < 4.78 is 10.8. The summed E-state index contributed by atoms with van der Waals surface area (Å²) >= 11 is 1.76. The minimum absolute atomic E-state index is 0.280. The van der Waals surface area contributed by atoms with Crippen molar-refractivity contribution >= 4 is 22.7 Å². The largest absolute Gasteiger partial charge is 0.497 e. The van der Waals surface area contributed by atoms with E-state index in [2.05, 4.69) is 22.0 Å². The summed E-state index contributed by atoms with van der Waals surface area (Å²) in [6.45, 7) is 3.44. The molecule has 1 aliphatic heterocycles. The third-order valence-corrected chi connectivity index (χ3v) is 7.32. The van der Waals surface area contributed by atoms with Crippen LogP contribution in [-0.2, 0) is 6.42 Å². The van der Waals surface area contributed by atoms with Crippen molar-refractivity contribution in [2.75, 3.05) is 39.1 Å². The smallest absolute Gasteiger partial charge is 0.160 e. The topological polar surface area (TPSA) is 58.7 Å².